The molecule has 0 aliphatic heterocycles. The molecule has 0 amide bonds. The van der Waals surface area contributed by atoms with E-state index in [1.54, 1.807) is 0 Å². The van der Waals surface area contributed by atoms with E-state index in [4.69, 9.17) is 0 Å². The molecule has 0 aliphatic rings. The molecular weight excluding hydrogens is 220 g/mol. The van der Waals surface area contributed by atoms with Crippen molar-refractivity contribution in [3.05, 3.63) is 35.9 Å². The third-order valence-corrected chi connectivity index (χ3v) is 3.24. The monoisotopic (exact) mass is 248 g/mol. The average molecular weight is 248 g/mol. The third-order valence-electron chi connectivity index (χ3n) is 3.24. The molecule has 0 heterocycles. The highest BCUT2D eigenvalue weighted by atomic mass is 16.3. The summed E-state index contributed by atoms with van der Waals surface area (Å²) in [5, 5.41) is 10.1. The maximum Gasteiger partial charge on any atom is 0.0546 e. The first-order valence-electron chi connectivity index (χ1n) is 7.09. The molecule has 102 valence electrons. The van der Waals surface area contributed by atoms with Crippen molar-refractivity contribution >= 4 is 0 Å². The standard InChI is InChI=1S/C17H28O/c1-14(13-17(2,3)4)12-16(18)11-10-15-8-6-5-7-9-15/h5-9,14,16,18H,10-13H2,1-4H3. The van der Waals surface area contributed by atoms with Gasteiger partial charge in [-0.25, -0.2) is 0 Å². The van der Waals surface area contributed by atoms with E-state index in [1.807, 2.05) is 6.07 Å². The Hall–Kier alpha value is -0.820. The van der Waals surface area contributed by atoms with E-state index in [1.165, 1.54) is 12.0 Å². The highest BCUT2D eigenvalue weighted by Crippen LogP contribution is 2.27. The van der Waals surface area contributed by atoms with Gasteiger partial charge in [0.2, 0.25) is 0 Å². The normalized spacial score (nSPS) is 15.4. The Morgan fingerprint density at radius 2 is 1.72 bits per heavy atom. The van der Waals surface area contributed by atoms with Gasteiger partial charge in [-0.3, -0.25) is 0 Å². The predicted molar refractivity (Wildman–Crippen MR) is 78.6 cm³/mol. The molecule has 1 rings (SSSR count). The molecule has 2 atom stereocenters. The molecule has 1 nitrogen and oxygen atoms in total. The summed E-state index contributed by atoms with van der Waals surface area (Å²) >= 11 is 0. The zero-order chi connectivity index (χ0) is 13.6. The van der Waals surface area contributed by atoms with Gasteiger partial charge < -0.3 is 5.11 Å². The minimum absolute atomic E-state index is 0.164. The zero-order valence-electron chi connectivity index (χ0n) is 12.3. The van der Waals surface area contributed by atoms with Crippen LogP contribution in [-0.4, -0.2) is 11.2 Å². The Balaban J connectivity index is 2.27. The summed E-state index contributed by atoms with van der Waals surface area (Å²) in [5.41, 5.74) is 1.68. The van der Waals surface area contributed by atoms with E-state index in [0.717, 1.165) is 19.3 Å². The predicted octanol–water partition coefficient (Wildman–Crippen LogP) is 4.44. The Morgan fingerprint density at radius 3 is 2.28 bits per heavy atom. The van der Waals surface area contributed by atoms with Gasteiger partial charge in [0.25, 0.3) is 0 Å². The molecule has 2 unspecified atom stereocenters. The maximum absolute atomic E-state index is 10.1. The first-order valence-corrected chi connectivity index (χ1v) is 7.09. The summed E-state index contributed by atoms with van der Waals surface area (Å²) in [4.78, 5) is 0. The minimum atomic E-state index is -0.164. The Kier molecular flexibility index (Phi) is 5.87. The molecule has 0 fully saturated rings. The fourth-order valence-corrected chi connectivity index (χ4v) is 2.69. The van der Waals surface area contributed by atoms with Crippen molar-refractivity contribution in [1.29, 1.82) is 0 Å². The van der Waals surface area contributed by atoms with Gasteiger partial charge in [-0.1, -0.05) is 58.0 Å². The first-order chi connectivity index (χ1) is 8.37. The van der Waals surface area contributed by atoms with Crippen LogP contribution >= 0.6 is 0 Å². The number of hydrogen-bond acceptors (Lipinski definition) is 1. The second-order valence-electron chi connectivity index (χ2n) is 6.78. The van der Waals surface area contributed by atoms with Crippen LogP contribution in [0.4, 0.5) is 0 Å². The largest absolute Gasteiger partial charge is 0.393 e. The molecule has 1 heteroatoms. The molecule has 0 saturated carbocycles. The summed E-state index contributed by atoms with van der Waals surface area (Å²) in [6.07, 6.45) is 3.78. The van der Waals surface area contributed by atoms with E-state index in [9.17, 15) is 5.11 Å². The van der Waals surface area contributed by atoms with Crippen LogP contribution in [0.15, 0.2) is 30.3 Å². The molecule has 0 aliphatic carbocycles. The third kappa shape index (κ3) is 6.80. The van der Waals surface area contributed by atoms with Crippen molar-refractivity contribution < 1.29 is 5.11 Å². The van der Waals surface area contributed by atoms with E-state index in [-0.39, 0.29) is 6.10 Å². The fourth-order valence-electron chi connectivity index (χ4n) is 2.69. The smallest absolute Gasteiger partial charge is 0.0546 e. The van der Waals surface area contributed by atoms with Crippen LogP contribution in [0.3, 0.4) is 0 Å². The lowest BCUT2D eigenvalue weighted by Gasteiger charge is -2.24. The molecule has 1 aromatic rings. The average Bonchev–Trinajstić information content (AvgIpc) is 2.25. The summed E-state index contributed by atoms with van der Waals surface area (Å²) in [6, 6.07) is 10.4. The van der Waals surface area contributed by atoms with Gasteiger partial charge >= 0.3 is 0 Å². The van der Waals surface area contributed by atoms with E-state index < -0.39 is 0 Å². The molecule has 0 saturated heterocycles. The zero-order valence-corrected chi connectivity index (χ0v) is 12.3. The van der Waals surface area contributed by atoms with Crippen molar-refractivity contribution in [2.45, 2.75) is 59.5 Å². The Bertz CT molecular complexity index is 323. The topological polar surface area (TPSA) is 20.2 Å². The van der Waals surface area contributed by atoms with E-state index >= 15 is 0 Å². The maximum atomic E-state index is 10.1. The van der Waals surface area contributed by atoms with Crippen LogP contribution in [-0.2, 0) is 6.42 Å². The molecular formula is C17H28O. The first kappa shape index (κ1) is 15.2. The van der Waals surface area contributed by atoms with Crippen molar-refractivity contribution in [3.8, 4) is 0 Å². The van der Waals surface area contributed by atoms with Crippen molar-refractivity contribution in [1.82, 2.24) is 0 Å². The Morgan fingerprint density at radius 1 is 1.11 bits per heavy atom. The summed E-state index contributed by atoms with van der Waals surface area (Å²) < 4.78 is 0. The number of aliphatic hydroxyl groups is 1. The van der Waals surface area contributed by atoms with Gasteiger partial charge in [0.1, 0.15) is 0 Å². The summed E-state index contributed by atoms with van der Waals surface area (Å²) in [7, 11) is 0. The van der Waals surface area contributed by atoms with Gasteiger partial charge in [0, 0.05) is 0 Å². The lowest BCUT2D eigenvalue weighted by molar-refractivity contribution is 0.124. The molecule has 0 spiro atoms. The minimum Gasteiger partial charge on any atom is -0.393 e. The van der Waals surface area contributed by atoms with Crippen LogP contribution in [0.5, 0.6) is 0 Å². The molecule has 1 aromatic carbocycles. The van der Waals surface area contributed by atoms with E-state index in [2.05, 4.69) is 52.0 Å². The van der Waals surface area contributed by atoms with Crippen molar-refractivity contribution in [2.24, 2.45) is 11.3 Å². The molecule has 0 aromatic heterocycles. The summed E-state index contributed by atoms with van der Waals surface area (Å²) in [5.74, 6) is 0.593. The quantitative estimate of drug-likeness (QED) is 0.789. The SMILES string of the molecule is CC(CC(O)CCc1ccccc1)CC(C)(C)C. The van der Waals surface area contributed by atoms with Crippen LogP contribution in [0.2, 0.25) is 0 Å². The molecule has 0 radical (unpaired) electrons. The second kappa shape index (κ2) is 6.94. The lowest BCUT2D eigenvalue weighted by Crippen LogP contribution is -2.17. The highest BCUT2D eigenvalue weighted by Gasteiger charge is 2.17. The number of hydrogen-bond donors (Lipinski definition) is 1. The van der Waals surface area contributed by atoms with Gasteiger partial charge in [-0.05, 0) is 42.6 Å². The second-order valence-corrected chi connectivity index (χ2v) is 6.78. The Labute approximate surface area is 112 Å². The summed E-state index contributed by atoms with van der Waals surface area (Å²) in [6.45, 7) is 9.04. The number of aryl methyl sites for hydroxylation is 1. The van der Waals surface area contributed by atoms with Crippen LogP contribution in [0.25, 0.3) is 0 Å². The van der Waals surface area contributed by atoms with Gasteiger partial charge in [0.05, 0.1) is 6.10 Å². The number of rotatable bonds is 6. The van der Waals surface area contributed by atoms with Crippen molar-refractivity contribution in [2.75, 3.05) is 0 Å². The number of benzene rings is 1. The van der Waals surface area contributed by atoms with Crippen LogP contribution in [0.1, 0.15) is 52.5 Å². The van der Waals surface area contributed by atoms with Crippen molar-refractivity contribution in [3.63, 3.8) is 0 Å². The van der Waals surface area contributed by atoms with E-state index in [0.29, 0.717) is 11.3 Å². The number of aliphatic hydroxyl groups excluding tert-OH is 1. The molecule has 0 bridgehead atoms. The van der Waals surface area contributed by atoms with Crippen LogP contribution in [0, 0.1) is 11.3 Å². The van der Waals surface area contributed by atoms with Gasteiger partial charge in [-0.2, -0.15) is 0 Å². The van der Waals surface area contributed by atoms with Crippen LogP contribution < -0.4 is 0 Å². The molecule has 18 heavy (non-hydrogen) atoms. The van der Waals surface area contributed by atoms with Gasteiger partial charge in [0.15, 0.2) is 0 Å². The highest BCUT2D eigenvalue weighted by molar-refractivity contribution is 5.14. The molecule has 1 N–H and O–H groups in total. The van der Waals surface area contributed by atoms with Gasteiger partial charge in [-0.15, -0.1) is 0 Å². The lowest BCUT2D eigenvalue weighted by atomic mass is 9.83. The fraction of sp³-hybridized carbons (Fsp3) is 0.647.